The Labute approximate surface area is 124 Å². The van der Waals surface area contributed by atoms with Crippen molar-refractivity contribution in [2.45, 2.75) is 36.6 Å². The molecule has 4 heteroatoms. The maximum absolute atomic E-state index is 11.9. The highest BCUT2D eigenvalue weighted by Gasteiger charge is 2.22. The summed E-state index contributed by atoms with van der Waals surface area (Å²) in [6, 6.07) is 10.3. The molecule has 0 heterocycles. The summed E-state index contributed by atoms with van der Waals surface area (Å²) in [7, 11) is 0. The smallest absolute Gasteiger partial charge is 0.230 e. The number of carbonyl (C=O) groups is 1. The minimum atomic E-state index is 0.133. The highest BCUT2D eigenvalue weighted by atomic mass is 35.5. The Balaban J connectivity index is 1.72. The Morgan fingerprint density at radius 2 is 2.11 bits per heavy atom. The van der Waals surface area contributed by atoms with Gasteiger partial charge in [0.05, 0.1) is 5.75 Å². The molecule has 2 nitrogen and oxygen atoms in total. The van der Waals surface area contributed by atoms with Gasteiger partial charge in [-0.05, 0) is 37.3 Å². The normalized spacial score (nSPS) is 23.0. The van der Waals surface area contributed by atoms with Crippen LogP contribution in [0.25, 0.3) is 0 Å². The molecule has 0 radical (unpaired) electrons. The van der Waals surface area contributed by atoms with Gasteiger partial charge in [0.1, 0.15) is 0 Å². The van der Waals surface area contributed by atoms with Crippen LogP contribution in [0.1, 0.15) is 25.7 Å². The van der Waals surface area contributed by atoms with E-state index in [1.165, 1.54) is 12.8 Å². The third-order valence-electron chi connectivity index (χ3n) is 3.48. The minimum Gasteiger partial charge on any atom is -0.353 e. The van der Waals surface area contributed by atoms with Crippen molar-refractivity contribution in [3.63, 3.8) is 0 Å². The van der Waals surface area contributed by atoms with E-state index >= 15 is 0 Å². The summed E-state index contributed by atoms with van der Waals surface area (Å²) in [6.45, 7) is 0. The average molecular weight is 298 g/mol. The summed E-state index contributed by atoms with van der Waals surface area (Å²) in [5.74, 6) is 1.91. The molecule has 19 heavy (non-hydrogen) atoms. The fourth-order valence-corrected chi connectivity index (χ4v) is 3.51. The van der Waals surface area contributed by atoms with Crippen LogP contribution >= 0.6 is 23.4 Å². The van der Waals surface area contributed by atoms with Gasteiger partial charge < -0.3 is 5.32 Å². The average Bonchev–Trinajstić information content (AvgIpc) is 2.46. The zero-order valence-electron chi connectivity index (χ0n) is 11.0. The van der Waals surface area contributed by atoms with E-state index in [-0.39, 0.29) is 5.91 Å². The lowest BCUT2D eigenvalue weighted by molar-refractivity contribution is -0.119. The maximum Gasteiger partial charge on any atom is 0.230 e. The van der Waals surface area contributed by atoms with Gasteiger partial charge in [-0.3, -0.25) is 4.79 Å². The van der Waals surface area contributed by atoms with Crippen molar-refractivity contribution in [2.24, 2.45) is 5.92 Å². The fourth-order valence-electron chi connectivity index (χ4n) is 2.50. The van der Waals surface area contributed by atoms with Crippen LogP contribution < -0.4 is 5.32 Å². The molecule has 0 spiro atoms. The van der Waals surface area contributed by atoms with E-state index in [1.54, 1.807) is 11.8 Å². The summed E-state index contributed by atoms with van der Waals surface area (Å²) in [4.78, 5) is 13.1. The lowest BCUT2D eigenvalue weighted by Crippen LogP contribution is -2.39. The quantitative estimate of drug-likeness (QED) is 0.663. The molecule has 2 unspecified atom stereocenters. The fraction of sp³-hybridized carbons (Fsp3) is 0.533. The molecule has 1 aliphatic rings. The SMILES string of the molecule is O=C(CSc1ccccc1)NC1CCCC(CCl)C1. The minimum absolute atomic E-state index is 0.133. The highest BCUT2D eigenvalue weighted by molar-refractivity contribution is 8.00. The Morgan fingerprint density at radius 3 is 2.84 bits per heavy atom. The van der Waals surface area contributed by atoms with Crippen molar-refractivity contribution in [1.29, 1.82) is 0 Å². The number of alkyl halides is 1. The van der Waals surface area contributed by atoms with E-state index in [9.17, 15) is 4.79 Å². The van der Waals surface area contributed by atoms with Gasteiger partial charge in [0.25, 0.3) is 0 Å². The lowest BCUT2D eigenvalue weighted by atomic mass is 9.87. The number of carbonyl (C=O) groups excluding carboxylic acids is 1. The molecule has 104 valence electrons. The molecule has 0 aromatic heterocycles. The van der Waals surface area contributed by atoms with Crippen molar-refractivity contribution in [2.75, 3.05) is 11.6 Å². The van der Waals surface area contributed by atoms with Crippen molar-refractivity contribution < 1.29 is 4.79 Å². The van der Waals surface area contributed by atoms with Gasteiger partial charge in [0.2, 0.25) is 5.91 Å². The van der Waals surface area contributed by atoms with Gasteiger partial charge in [-0.25, -0.2) is 0 Å². The van der Waals surface area contributed by atoms with E-state index in [2.05, 4.69) is 5.32 Å². The number of hydrogen-bond donors (Lipinski definition) is 1. The zero-order valence-corrected chi connectivity index (χ0v) is 12.6. The zero-order chi connectivity index (χ0) is 13.5. The molecule has 1 fully saturated rings. The number of nitrogens with one attached hydrogen (secondary N) is 1. The molecule has 1 amide bonds. The van der Waals surface area contributed by atoms with Crippen molar-refractivity contribution in [3.8, 4) is 0 Å². The van der Waals surface area contributed by atoms with Crippen molar-refractivity contribution in [3.05, 3.63) is 30.3 Å². The molecular weight excluding hydrogens is 278 g/mol. The van der Waals surface area contributed by atoms with Crippen LogP contribution in [0.3, 0.4) is 0 Å². The van der Waals surface area contributed by atoms with E-state index in [0.717, 1.165) is 17.7 Å². The van der Waals surface area contributed by atoms with Gasteiger partial charge in [0, 0.05) is 16.8 Å². The van der Waals surface area contributed by atoms with Crippen molar-refractivity contribution >= 4 is 29.3 Å². The first-order valence-electron chi connectivity index (χ1n) is 6.81. The van der Waals surface area contributed by atoms with Crippen LogP contribution in [-0.4, -0.2) is 23.6 Å². The number of hydrogen-bond acceptors (Lipinski definition) is 2. The number of benzene rings is 1. The van der Waals surface area contributed by atoms with Crippen molar-refractivity contribution in [1.82, 2.24) is 5.32 Å². The van der Waals surface area contributed by atoms with Gasteiger partial charge in [-0.1, -0.05) is 24.6 Å². The molecule has 1 aromatic rings. The second-order valence-electron chi connectivity index (χ2n) is 5.05. The van der Waals surface area contributed by atoms with Crippen LogP contribution in [0.4, 0.5) is 0 Å². The van der Waals surface area contributed by atoms with Gasteiger partial charge in [-0.15, -0.1) is 23.4 Å². The van der Waals surface area contributed by atoms with Crippen LogP contribution in [-0.2, 0) is 4.79 Å². The first-order valence-corrected chi connectivity index (χ1v) is 8.33. The predicted octanol–water partition coefficient (Wildman–Crippen LogP) is 3.69. The number of rotatable bonds is 5. The van der Waals surface area contributed by atoms with Gasteiger partial charge >= 0.3 is 0 Å². The topological polar surface area (TPSA) is 29.1 Å². The number of halogens is 1. The summed E-state index contributed by atoms with van der Waals surface area (Å²) in [6.07, 6.45) is 4.50. The third-order valence-corrected chi connectivity index (χ3v) is 4.93. The van der Waals surface area contributed by atoms with E-state index in [1.807, 2.05) is 30.3 Å². The summed E-state index contributed by atoms with van der Waals surface area (Å²) < 4.78 is 0. The summed E-state index contributed by atoms with van der Waals surface area (Å²) >= 11 is 7.49. The molecule has 0 saturated heterocycles. The summed E-state index contributed by atoms with van der Waals surface area (Å²) in [5, 5.41) is 3.13. The Bertz CT molecular complexity index is 398. The molecule has 0 bridgehead atoms. The van der Waals surface area contributed by atoms with Crippen LogP contribution in [0.5, 0.6) is 0 Å². The number of thioether (sulfide) groups is 1. The molecule has 2 atom stereocenters. The lowest BCUT2D eigenvalue weighted by Gasteiger charge is -2.28. The first kappa shape index (κ1) is 14.7. The predicted molar refractivity (Wildman–Crippen MR) is 81.8 cm³/mol. The highest BCUT2D eigenvalue weighted by Crippen LogP contribution is 2.25. The molecule has 1 N–H and O–H groups in total. The molecule has 2 rings (SSSR count). The number of amides is 1. The summed E-state index contributed by atoms with van der Waals surface area (Å²) in [5.41, 5.74) is 0. The molecule has 1 aromatic carbocycles. The van der Waals surface area contributed by atoms with Gasteiger partial charge in [0.15, 0.2) is 0 Å². The molecule has 1 saturated carbocycles. The maximum atomic E-state index is 11.9. The largest absolute Gasteiger partial charge is 0.353 e. The van der Waals surface area contributed by atoms with E-state index in [0.29, 0.717) is 23.6 Å². The first-order chi connectivity index (χ1) is 9.28. The third kappa shape index (κ3) is 5.07. The van der Waals surface area contributed by atoms with Crippen LogP contribution in [0.2, 0.25) is 0 Å². The Morgan fingerprint density at radius 1 is 1.32 bits per heavy atom. The molecule has 1 aliphatic carbocycles. The second kappa shape index (κ2) is 7.81. The Hall–Kier alpha value is -0.670. The van der Waals surface area contributed by atoms with E-state index in [4.69, 9.17) is 11.6 Å². The second-order valence-corrected chi connectivity index (χ2v) is 6.41. The van der Waals surface area contributed by atoms with Gasteiger partial charge in [-0.2, -0.15) is 0 Å². The van der Waals surface area contributed by atoms with E-state index < -0.39 is 0 Å². The molecule has 0 aliphatic heterocycles. The Kier molecular flexibility index (Phi) is 6.05. The standard InChI is InChI=1S/C15H20ClNOS/c16-10-12-5-4-6-13(9-12)17-15(18)11-19-14-7-2-1-3-8-14/h1-3,7-8,12-13H,4-6,9-11H2,(H,17,18). The van der Waals surface area contributed by atoms with Crippen LogP contribution in [0.15, 0.2) is 35.2 Å². The van der Waals surface area contributed by atoms with Crippen LogP contribution in [0, 0.1) is 5.92 Å². The monoisotopic (exact) mass is 297 g/mol. The molecular formula is C15H20ClNOS.